The second kappa shape index (κ2) is 7.66. The van der Waals surface area contributed by atoms with Crippen LogP contribution in [0, 0.1) is 0 Å². The summed E-state index contributed by atoms with van der Waals surface area (Å²) < 4.78 is 0. The third-order valence-electron chi connectivity index (χ3n) is 4.33. The number of aryl methyl sites for hydroxylation is 1. The lowest BCUT2D eigenvalue weighted by molar-refractivity contribution is 0.123. The summed E-state index contributed by atoms with van der Waals surface area (Å²) in [6.07, 6.45) is 4.98. The molecule has 1 heterocycles. The molecule has 1 saturated heterocycles. The zero-order chi connectivity index (χ0) is 13.5. The molecule has 0 aromatic heterocycles. The molecule has 2 rings (SSSR count). The van der Waals surface area contributed by atoms with Crippen molar-refractivity contribution in [1.29, 1.82) is 0 Å². The summed E-state index contributed by atoms with van der Waals surface area (Å²) in [5, 5.41) is 3.67. The van der Waals surface area contributed by atoms with Crippen LogP contribution in [0.1, 0.15) is 38.7 Å². The van der Waals surface area contributed by atoms with Gasteiger partial charge in [0.15, 0.2) is 0 Å². The number of piperazine rings is 1. The Balaban J connectivity index is 1.79. The maximum atomic E-state index is 3.67. The molecular weight excluding hydrogens is 232 g/mol. The molecule has 19 heavy (non-hydrogen) atoms. The maximum Gasteiger partial charge on any atom is 0.0218 e. The van der Waals surface area contributed by atoms with Gasteiger partial charge in [0.25, 0.3) is 0 Å². The first-order valence-electron chi connectivity index (χ1n) is 7.84. The highest BCUT2D eigenvalue weighted by Gasteiger charge is 2.24. The van der Waals surface area contributed by atoms with Gasteiger partial charge in [-0.3, -0.25) is 4.90 Å². The Labute approximate surface area is 118 Å². The van der Waals surface area contributed by atoms with Crippen molar-refractivity contribution in [2.24, 2.45) is 0 Å². The summed E-state index contributed by atoms with van der Waals surface area (Å²) in [6.45, 7) is 8.23. The molecule has 0 saturated carbocycles. The van der Waals surface area contributed by atoms with E-state index in [1.807, 2.05) is 0 Å². The molecule has 0 amide bonds. The fraction of sp³-hybridized carbons (Fsp3) is 0.647. The van der Waals surface area contributed by atoms with E-state index in [1.54, 1.807) is 0 Å². The lowest BCUT2D eigenvalue weighted by Gasteiger charge is -2.40. The molecule has 1 N–H and O–H groups in total. The topological polar surface area (TPSA) is 15.3 Å². The SMILES string of the molecule is CCC1CN(CCCc2ccccc2)C(CC)CN1. The standard InChI is InChI=1S/C17H28N2/c1-3-16-14-19(17(4-2)13-18-16)12-8-11-15-9-6-5-7-10-15/h5-7,9-10,16-18H,3-4,8,11-14H2,1-2H3. The van der Waals surface area contributed by atoms with Gasteiger partial charge < -0.3 is 5.32 Å². The number of nitrogens with one attached hydrogen (secondary N) is 1. The van der Waals surface area contributed by atoms with Crippen molar-refractivity contribution in [3.05, 3.63) is 35.9 Å². The molecule has 0 bridgehead atoms. The summed E-state index contributed by atoms with van der Waals surface area (Å²) in [7, 11) is 0. The van der Waals surface area contributed by atoms with Crippen LogP contribution in [0.5, 0.6) is 0 Å². The first-order chi connectivity index (χ1) is 9.33. The van der Waals surface area contributed by atoms with E-state index in [4.69, 9.17) is 0 Å². The minimum Gasteiger partial charge on any atom is -0.311 e. The average molecular weight is 260 g/mol. The van der Waals surface area contributed by atoms with Crippen molar-refractivity contribution in [1.82, 2.24) is 10.2 Å². The normalized spacial score (nSPS) is 24.5. The second-order valence-electron chi connectivity index (χ2n) is 5.66. The van der Waals surface area contributed by atoms with Gasteiger partial charge in [-0.15, -0.1) is 0 Å². The van der Waals surface area contributed by atoms with Gasteiger partial charge in [0, 0.05) is 25.2 Å². The molecule has 0 radical (unpaired) electrons. The molecule has 2 atom stereocenters. The molecule has 1 aliphatic heterocycles. The van der Waals surface area contributed by atoms with Crippen LogP contribution in [0.25, 0.3) is 0 Å². The quantitative estimate of drug-likeness (QED) is 0.845. The average Bonchev–Trinajstić information content (AvgIpc) is 2.48. The van der Waals surface area contributed by atoms with Gasteiger partial charge in [0.1, 0.15) is 0 Å². The first-order valence-corrected chi connectivity index (χ1v) is 7.84. The van der Waals surface area contributed by atoms with Gasteiger partial charge in [0.2, 0.25) is 0 Å². The van der Waals surface area contributed by atoms with Crippen LogP contribution in [-0.2, 0) is 6.42 Å². The minimum absolute atomic E-state index is 0.694. The predicted octanol–water partition coefficient (Wildman–Crippen LogP) is 3.08. The Morgan fingerprint density at radius 2 is 1.95 bits per heavy atom. The van der Waals surface area contributed by atoms with E-state index >= 15 is 0 Å². The smallest absolute Gasteiger partial charge is 0.0218 e. The van der Waals surface area contributed by atoms with Crippen LogP contribution in [-0.4, -0.2) is 36.6 Å². The number of hydrogen-bond acceptors (Lipinski definition) is 2. The zero-order valence-corrected chi connectivity index (χ0v) is 12.4. The van der Waals surface area contributed by atoms with Crippen molar-refractivity contribution < 1.29 is 0 Å². The Kier molecular flexibility index (Phi) is 5.87. The molecule has 0 aliphatic carbocycles. The van der Waals surface area contributed by atoms with Crippen molar-refractivity contribution in [2.75, 3.05) is 19.6 Å². The molecule has 2 unspecified atom stereocenters. The lowest BCUT2D eigenvalue weighted by Crippen LogP contribution is -2.56. The summed E-state index contributed by atoms with van der Waals surface area (Å²) >= 11 is 0. The Morgan fingerprint density at radius 3 is 2.63 bits per heavy atom. The highest BCUT2D eigenvalue weighted by atomic mass is 15.2. The number of benzene rings is 1. The van der Waals surface area contributed by atoms with Crippen LogP contribution in [0.15, 0.2) is 30.3 Å². The van der Waals surface area contributed by atoms with E-state index in [2.05, 4.69) is 54.4 Å². The molecule has 106 valence electrons. The van der Waals surface area contributed by atoms with E-state index in [0.717, 1.165) is 6.04 Å². The van der Waals surface area contributed by atoms with Gasteiger partial charge in [-0.1, -0.05) is 44.2 Å². The fourth-order valence-electron chi connectivity index (χ4n) is 3.01. The van der Waals surface area contributed by atoms with E-state index in [-0.39, 0.29) is 0 Å². The zero-order valence-electron chi connectivity index (χ0n) is 12.4. The van der Waals surface area contributed by atoms with Crippen LogP contribution in [0.4, 0.5) is 0 Å². The second-order valence-corrected chi connectivity index (χ2v) is 5.66. The molecule has 1 aromatic rings. The van der Waals surface area contributed by atoms with Gasteiger partial charge in [-0.05, 0) is 37.8 Å². The molecular formula is C17H28N2. The van der Waals surface area contributed by atoms with Gasteiger partial charge in [-0.2, -0.15) is 0 Å². The molecule has 1 aromatic carbocycles. The van der Waals surface area contributed by atoms with Crippen molar-refractivity contribution in [3.63, 3.8) is 0 Å². The number of hydrogen-bond donors (Lipinski definition) is 1. The fourth-order valence-corrected chi connectivity index (χ4v) is 3.01. The monoisotopic (exact) mass is 260 g/mol. The van der Waals surface area contributed by atoms with Crippen LogP contribution < -0.4 is 5.32 Å². The minimum atomic E-state index is 0.694. The molecule has 1 aliphatic rings. The Bertz CT molecular complexity index is 350. The lowest BCUT2D eigenvalue weighted by atomic mass is 10.0. The van der Waals surface area contributed by atoms with Gasteiger partial charge >= 0.3 is 0 Å². The molecule has 2 nitrogen and oxygen atoms in total. The van der Waals surface area contributed by atoms with E-state index < -0.39 is 0 Å². The summed E-state index contributed by atoms with van der Waals surface area (Å²) in [5.41, 5.74) is 1.47. The first kappa shape index (κ1) is 14.5. The van der Waals surface area contributed by atoms with Gasteiger partial charge in [-0.25, -0.2) is 0 Å². The van der Waals surface area contributed by atoms with Crippen LogP contribution >= 0.6 is 0 Å². The molecule has 2 heteroatoms. The van der Waals surface area contributed by atoms with Crippen molar-refractivity contribution in [3.8, 4) is 0 Å². The van der Waals surface area contributed by atoms with E-state index in [0.29, 0.717) is 6.04 Å². The molecule has 0 spiro atoms. The van der Waals surface area contributed by atoms with Crippen LogP contribution in [0.3, 0.4) is 0 Å². The predicted molar refractivity (Wildman–Crippen MR) is 82.5 cm³/mol. The Morgan fingerprint density at radius 1 is 1.16 bits per heavy atom. The summed E-state index contributed by atoms with van der Waals surface area (Å²) in [4.78, 5) is 2.70. The maximum absolute atomic E-state index is 3.67. The number of nitrogens with zero attached hydrogens (tertiary/aromatic N) is 1. The highest BCUT2D eigenvalue weighted by molar-refractivity contribution is 5.14. The Hall–Kier alpha value is -0.860. The number of rotatable bonds is 6. The highest BCUT2D eigenvalue weighted by Crippen LogP contribution is 2.13. The summed E-state index contributed by atoms with van der Waals surface area (Å²) in [6, 6.07) is 12.3. The van der Waals surface area contributed by atoms with E-state index in [9.17, 15) is 0 Å². The van der Waals surface area contributed by atoms with Gasteiger partial charge in [0.05, 0.1) is 0 Å². The van der Waals surface area contributed by atoms with Crippen LogP contribution in [0.2, 0.25) is 0 Å². The largest absolute Gasteiger partial charge is 0.311 e. The third kappa shape index (κ3) is 4.32. The molecule has 1 fully saturated rings. The van der Waals surface area contributed by atoms with Crippen molar-refractivity contribution in [2.45, 2.75) is 51.6 Å². The van der Waals surface area contributed by atoms with Crippen molar-refractivity contribution >= 4 is 0 Å². The summed E-state index contributed by atoms with van der Waals surface area (Å²) in [5.74, 6) is 0. The third-order valence-corrected chi connectivity index (χ3v) is 4.33. The van der Waals surface area contributed by atoms with E-state index in [1.165, 1.54) is 50.9 Å².